The van der Waals surface area contributed by atoms with E-state index >= 15 is 0 Å². The minimum atomic E-state index is 0.0306. The molecule has 0 radical (unpaired) electrons. The van der Waals surface area contributed by atoms with Crippen LogP contribution in [-0.2, 0) is 9.59 Å². The number of carbonyl (C=O) groups excluding carboxylic acids is 2. The number of nitrogens with zero attached hydrogens (tertiary/aromatic N) is 2. The first-order valence-corrected chi connectivity index (χ1v) is 8.37. The van der Waals surface area contributed by atoms with Gasteiger partial charge in [0.1, 0.15) is 0 Å². The summed E-state index contributed by atoms with van der Waals surface area (Å²) in [6, 6.07) is 10.4. The second-order valence-corrected chi connectivity index (χ2v) is 6.19. The standard InChI is InChI=1S/C18H27N3O2/c1-15(16-8-4-3-5-9-16)20(2)14-17(22)19-11-7-13-21-12-6-10-18(21)23/h3-5,8-9,15H,6-7,10-14H2,1-2H3,(H,19,22)/t15-/m0/s1. The van der Waals surface area contributed by atoms with Gasteiger partial charge in [0.2, 0.25) is 11.8 Å². The summed E-state index contributed by atoms with van der Waals surface area (Å²) < 4.78 is 0. The fraction of sp³-hybridized carbons (Fsp3) is 0.556. The second kappa shape index (κ2) is 8.67. The van der Waals surface area contributed by atoms with E-state index in [4.69, 9.17) is 0 Å². The van der Waals surface area contributed by atoms with E-state index in [1.54, 1.807) is 0 Å². The van der Waals surface area contributed by atoms with Gasteiger partial charge in [0.25, 0.3) is 0 Å². The lowest BCUT2D eigenvalue weighted by atomic mass is 10.1. The normalized spacial score (nSPS) is 16.0. The van der Waals surface area contributed by atoms with Gasteiger partial charge in [-0.1, -0.05) is 30.3 Å². The molecule has 0 saturated carbocycles. The van der Waals surface area contributed by atoms with Crippen molar-refractivity contribution in [3.05, 3.63) is 35.9 Å². The molecule has 1 heterocycles. The van der Waals surface area contributed by atoms with Gasteiger partial charge in [0.15, 0.2) is 0 Å². The third kappa shape index (κ3) is 5.36. The van der Waals surface area contributed by atoms with Gasteiger partial charge in [-0.2, -0.15) is 0 Å². The Kier molecular flexibility index (Phi) is 6.59. The number of rotatable bonds is 8. The molecule has 1 aliphatic heterocycles. The molecular formula is C18H27N3O2. The zero-order valence-electron chi connectivity index (χ0n) is 14.1. The second-order valence-electron chi connectivity index (χ2n) is 6.19. The first-order chi connectivity index (χ1) is 11.1. The SMILES string of the molecule is C[C@@H](c1ccccc1)N(C)CC(=O)NCCCN1CCCC1=O. The predicted octanol–water partition coefficient (Wildman–Crippen LogP) is 1.81. The maximum atomic E-state index is 12.0. The Bertz CT molecular complexity index is 518. The number of nitrogens with one attached hydrogen (secondary N) is 1. The van der Waals surface area contributed by atoms with Crippen LogP contribution < -0.4 is 5.32 Å². The fourth-order valence-electron chi connectivity index (χ4n) is 2.84. The molecule has 126 valence electrons. The Morgan fingerprint density at radius 1 is 1.35 bits per heavy atom. The topological polar surface area (TPSA) is 52.7 Å². The molecule has 1 aromatic rings. The van der Waals surface area contributed by atoms with E-state index in [1.165, 1.54) is 5.56 Å². The van der Waals surface area contributed by atoms with E-state index in [1.807, 2.05) is 35.0 Å². The predicted molar refractivity (Wildman–Crippen MR) is 90.9 cm³/mol. The van der Waals surface area contributed by atoms with Crippen LogP contribution in [0, 0.1) is 0 Å². The van der Waals surface area contributed by atoms with Crippen molar-refractivity contribution in [2.75, 3.05) is 33.2 Å². The van der Waals surface area contributed by atoms with Crippen molar-refractivity contribution < 1.29 is 9.59 Å². The van der Waals surface area contributed by atoms with Gasteiger partial charge in [-0.05, 0) is 32.4 Å². The molecule has 1 fully saturated rings. The van der Waals surface area contributed by atoms with Crippen molar-refractivity contribution in [3.63, 3.8) is 0 Å². The van der Waals surface area contributed by atoms with Crippen LogP contribution in [0.4, 0.5) is 0 Å². The first-order valence-electron chi connectivity index (χ1n) is 8.37. The van der Waals surface area contributed by atoms with Crippen LogP contribution in [0.2, 0.25) is 0 Å². The van der Waals surface area contributed by atoms with Crippen molar-refractivity contribution >= 4 is 11.8 Å². The number of carbonyl (C=O) groups is 2. The molecule has 0 aliphatic carbocycles. The summed E-state index contributed by atoms with van der Waals surface area (Å²) in [4.78, 5) is 27.4. The van der Waals surface area contributed by atoms with Crippen molar-refractivity contribution in [3.8, 4) is 0 Å². The lowest BCUT2D eigenvalue weighted by Crippen LogP contribution is -2.37. The summed E-state index contributed by atoms with van der Waals surface area (Å²) in [5.74, 6) is 0.274. The van der Waals surface area contributed by atoms with Gasteiger partial charge in [-0.3, -0.25) is 14.5 Å². The van der Waals surface area contributed by atoms with Gasteiger partial charge >= 0.3 is 0 Å². The zero-order valence-corrected chi connectivity index (χ0v) is 14.1. The van der Waals surface area contributed by atoms with Crippen molar-refractivity contribution in [2.45, 2.75) is 32.2 Å². The van der Waals surface area contributed by atoms with Crippen molar-refractivity contribution in [2.24, 2.45) is 0 Å². The molecular weight excluding hydrogens is 290 g/mol. The summed E-state index contributed by atoms with van der Waals surface area (Å²) in [6.45, 7) is 4.70. The molecule has 23 heavy (non-hydrogen) atoms. The summed E-state index contributed by atoms with van der Waals surface area (Å²) in [6.07, 6.45) is 2.46. The highest BCUT2D eigenvalue weighted by atomic mass is 16.2. The molecule has 1 N–H and O–H groups in total. The highest BCUT2D eigenvalue weighted by Gasteiger charge is 2.19. The fourth-order valence-corrected chi connectivity index (χ4v) is 2.84. The van der Waals surface area contributed by atoms with Crippen LogP contribution in [0.25, 0.3) is 0 Å². The van der Waals surface area contributed by atoms with Crippen LogP contribution in [-0.4, -0.2) is 54.8 Å². The van der Waals surface area contributed by atoms with Gasteiger partial charge in [0, 0.05) is 32.1 Å². The summed E-state index contributed by atoms with van der Waals surface area (Å²) in [5, 5.41) is 2.94. The minimum absolute atomic E-state index is 0.0306. The number of likely N-dealkylation sites (N-methyl/N-ethyl adjacent to an activating group) is 1. The average Bonchev–Trinajstić information content (AvgIpc) is 2.96. The van der Waals surface area contributed by atoms with Crippen LogP contribution in [0.5, 0.6) is 0 Å². The molecule has 0 aromatic heterocycles. The van der Waals surface area contributed by atoms with E-state index < -0.39 is 0 Å². The quantitative estimate of drug-likeness (QED) is 0.744. The van der Waals surface area contributed by atoms with Crippen LogP contribution >= 0.6 is 0 Å². The summed E-state index contributed by atoms with van der Waals surface area (Å²) in [5.41, 5.74) is 1.20. The Morgan fingerprint density at radius 3 is 2.74 bits per heavy atom. The molecule has 1 saturated heterocycles. The molecule has 5 heteroatoms. The lowest BCUT2D eigenvalue weighted by Gasteiger charge is -2.24. The maximum Gasteiger partial charge on any atom is 0.234 e. The molecule has 0 unspecified atom stereocenters. The van der Waals surface area contributed by atoms with Crippen molar-refractivity contribution in [1.29, 1.82) is 0 Å². The number of amides is 2. The summed E-state index contributed by atoms with van der Waals surface area (Å²) >= 11 is 0. The van der Waals surface area contributed by atoms with Gasteiger partial charge < -0.3 is 10.2 Å². The number of benzene rings is 1. The van der Waals surface area contributed by atoms with Gasteiger partial charge in [0.05, 0.1) is 6.54 Å². The smallest absolute Gasteiger partial charge is 0.234 e. The third-order valence-corrected chi connectivity index (χ3v) is 4.43. The highest BCUT2D eigenvalue weighted by Crippen LogP contribution is 2.17. The molecule has 0 bridgehead atoms. The number of hydrogen-bond acceptors (Lipinski definition) is 3. The molecule has 0 spiro atoms. The van der Waals surface area contributed by atoms with E-state index in [-0.39, 0.29) is 17.9 Å². The molecule has 5 nitrogen and oxygen atoms in total. The van der Waals surface area contributed by atoms with Crippen LogP contribution in [0.15, 0.2) is 30.3 Å². The average molecular weight is 317 g/mol. The van der Waals surface area contributed by atoms with Gasteiger partial charge in [-0.15, -0.1) is 0 Å². The van der Waals surface area contributed by atoms with E-state index in [0.717, 1.165) is 25.9 Å². The summed E-state index contributed by atoms with van der Waals surface area (Å²) in [7, 11) is 1.96. The minimum Gasteiger partial charge on any atom is -0.355 e. The van der Waals surface area contributed by atoms with Crippen LogP contribution in [0.3, 0.4) is 0 Å². The van der Waals surface area contributed by atoms with E-state index in [0.29, 0.717) is 19.5 Å². The van der Waals surface area contributed by atoms with Crippen LogP contribution in [0.1, 0.15) is 37.8 Å². The van der Waals surface area contributed by atoms with Crippen molar-refractivity contribution in [1.82, 2.24) is 15.1 Å². The largest absolute Gasteiger partial charge is 0.355 e. The Labute approximate surface area is 138 Å². The molecule has 2 amide bonds. The van der Waals surface area contributed by atoms with Gasteiger partial charge in [-0.25, -0.2) is 0 Å². The maximum absolute atomic E-state index is 12.0. The molecule has 2 rings (SSSR count). The monoisotopic (exact) mass is 317 g/mol. The Morgan fingerprint density at radius 2 is 2.09 bits per heavy atom. The third-order valence-electron chi connectivity index (χ3n) is 4.43. The van der Waals surface area contributed by atoms with E-state index in [9.17, 15) is 9.59 Å². The number of likely N-dealkylation sites (tertiary alicyclic amines) is 1. The number of hydrogen-bond donors (Lipinski definition) is 1. The lowest BCUT2D eigenvalue weighted by molar-refractivity contribution is -0.127. The Balaban J connectivity index is 1.65. The van der Waals surface area contributed by atoms with E-state index in [2.05, 4.69) is 24.4 Å². The highest BCUT2D eigenvalue weighted by molar-refractivity contribution is 5.78. The molecule has 1 atom stereocenters. The Hall–Kier alpha value is -1.88. The molecule has 1 aromatic carbocycles. The first kappa shape index (κ1) is 17.5. The zero-order chi connectivity index (χ0) is 16.7. The molecule has 1 aliphatic rings.